The molecule has 1 fully saturated rings. The molecule has 0 radical (unpaired) electrons. The van der Waals surface area contributed by atoms with Gasteiger partial charge in [-0.3, -0.25) is 0 Å². The van der Waals surface area contributed by atoms with Crippen LogP contribution in [-0.4, -0.2) is 6.04 Å². The monoisotopic (exact) mass is 327 g/mol. The molecule has 1 saturated carbocycles. The molecule has 0 unspecified atom stereocenters. The fourth-order valence-electron chi connectivity index (χ4n) is 3.03. The van der Waals surface area contributed by atoms with Crippen LogP contribution in [0.5, 0.6) is 0 Å². The molecule has 0 bridgehead atoms. The van der Waals surface area contributed by atoms with Gasteiger partial charge >= 0.3 is 0 Å². The van der Waals surface area contributed by atoms with Gasteiger partial charge in [-0.2, -0.15) is 0 Å². The summed E-state index contributed by atoms with van der Waals surface area (Å²) in [5.74, 6) is 0.721. The van der Waals surface area contributed by atoms with Gasteiger partial charge in [-0.1, -0.05) is 19.8 Å². The average Bonchev–Trinajstić information content (AvgIpc) is 2.38. The molecule has 0 spiro atoms. The third-order valence-electron chi connectivity index (χ3n) is 4.17. The molecule has 1 nitrogen and oxygen atoms in total. The van der Waals surface area contributed by atoms with E-state index in [1.807, 2.05) is 13.0 Å². The van der Waals surface area contributed by atoms with Crippen molar-refractivity contribution in [2.45, 2.75) is 58.4 Å². The standard InChI is InChI=1S/C16H23BrFN/c1-3-4-12-5-7-13(8-6-12)19-16-10-15(18)14(17)9-11(16)2/h9-10,12-13,19H,3-8H2,1-2H3. The van der Waals surface area contributed by atoms with Gasteiger partial charge in [0.05, 0.1) is 4.47 Å². The molecule has 19 heavy (non-hydrogen) atoms. The topological polar surface area (TPSA) is 12.0 Å². The lowest BCUT2D eigenvalue weighted by atomic mass is 9.83. The predicted molar refractivity (Wildman–Crippen MR) is 83.1 cm³/mol. The number of halogens is 2. The maximum absolute atomic E-state index is 13.6. The average molecular weight is 328 g/mol. The number of anilines is 1. The molecule has 0 atom stereocenters. The second-order valence-corrected chi connectivity index (χ2v) is 6.59. The summed E-state index contributed by atoms with van der Waals surface area (Å²) in [5, 5.41) is 3.52. The van der Waals surface area contributed by atoms with Gasteiger partial charge in [0.25, 0.3) is 0 Å². The fourth-order valence-corrected chi connectivity index (χ4v) is 3.48. The molecular weight excluding hydrogens is 305 g/mol. The summed E-state index contributed by atoms with van der Waals surface area (Å²) in [7, 11) is 0. The molecule has 1 aliphatic carbocycles. The second-order valence-electron chi connectivity index (χ2n) is 5.73. The highest BCUT2D eigenvalue weighted by Gasteiger charge is 2.21. The van der Waals surface area contributed by atoms with Crippen LogP contribution in [-0.2, 0) is 0 Å². The van der Waals surface area contributed by atoms with Crippen LogP contribution in [0.2, 0.25) is 0 Å². The van der Waals surface area contributed by atoms with Crippen LogP contribution in [0.15, 0.2) is 16.6 Å². The van der Waals surface area contributed by atoms with E-state index in [0.717, 1.165) is 17.2 Å². The predicted octanol–water partition coefficient (Wildman–Crippen LogP) is 5.67. The zero-order chi connectivity index (χ0) is 13.8. The molecule has 0 aliphatic heterocycles. The molecule has 0 saturated heterocycles. The molecule has 0 amide bonds. The minimum absolute atomic E-state index is 0.187. The summed E-state index contributed by atoms with van der Waals surface area (Å²) in [6.07, 6.45) is 7.69. The fraction of sp³-hybridized carbons (Fsp3) is 0.625. The Kier molecular flexibility index (Phi) is 5.26. The number of aryl methyl sites for hydroxylation is 1. The number of nitrogens with one attached hydrogen (secondary N) is 1. The molecule has 106 valence electrons. The molecule has 1 N–H and O–H groups in total. The maximum atomic E-state index is 13.6. The van der Waals surface area contributed by atoms with E-state index >= 15 is 0 Å². The van der Waals surface area contributed by atoms with Crippen molar-refractivity contribution < 1.29 is 4.39 Å². The molecule has 1 aliphatic rings. The molecule has 0 aromatic heterocycles. The van der Waals surface area contributed by atoms with Crippen LogP contribution in [0.3, 0.4) is 0 Å². The van der Waals surface area contributed by atoms with Gasteiger partial charge in [0.1, 0.15) is 5.82 Å². The summed E-state index contributed by atoms with van der Waals surface area (Å²) < 4.78 is 14.1. The smallest absolute Gasteiger partial charge is 0.139 e. The third-order valence-corrected chi connectivity index (χ3v) is 4.78. The number of hydrogen-bond acceptors (Lipinski definition) is 1. The Morgan fingerprint density at radius 3 is 2.58 bits per heavy atom. The lowest BCUT2D eigenvalue weighted by Crippen LogP contribution is -2.26. The van der Waals surface area contributed by atoms with Gasteiger partial charge in [0.2, 0.25) is 0 Å². The summed E-state index contributed by atoms with van der Waals surface area (Å²) in [5.41, 5.74) is 2.04. The van der Waals surface area contributed by atoms with Crippen molar-refractivity contribution in [2.24, 2.45) is 5.92 Å². The van der Waals surface area contributed by atoms with Crippen LogP contribution in [0.4, 0.5) is 10.1 Å². The van der Waals surface area contributed by atoms with Gasteiger partial charge in [-0.05, 0) is 72.2 Å². The van der Waals surface area contributed by atoms with E-state index in [9.17, 15) is 4.39 Å². The second kappa shape index (κ2) is 6.74. The van der Waals surface area contributed by atoms with Crippen molar-refractivity contribution in [1.29, 1.82) is 0 Å². The van der Waals surface area contributed by atoms with Gasteiger partial charge in [0, 0.05) is 11.7 Å². The SMILES string of the molecule is CCCC1CCC(Nc2cc(F)c(Br)cc2C)CC1. The first kappa shape index (κ1) is 14.8. The summed E-state index contributed by atoms with van der Waals surface area (Å²) in [6, 6.07) is 3.96. The van der Waals surface area contributed by atoms with Crippen LogP contribution >= 0.6 is 15.9 Å². The first-order valence-corrected chi connectivity index (χ1v) is 8.11. The Morgan fingerprint density at radius 2 is 1.95 bits per heavy atom. The number of rotatable bonds is 4. The lowest BCUT2D eigenvalue weighted by Gasteiger charge is -2.30. The normalized spacial score (nSPS) is 23.4. The first-order chi connectivity index (χ1) is 9.10. The molecule has 3 heteroatoms. The highest BCUT2D eigenvalue weighted by Crippen LogP contribution is 2.31. The van der Waals surface area contributed by atoms with Crippen molar-refractivity contribution in [3.05, 3.63) is 28.0 Å². The van der Waals surface area contributed by atoms with Crippen molar-refractivity contribution in [2.75, 3.05) is 5.32 Å². The van der Waals surface area contributed by atoms with Gasteiger partial charge in [-0.15, -0.1) is 0 Å². The maximum Gasteiger partial charge on any atom is 0.139 e. The van der Waals surface area contributed by atoms with Crippen molar-refractivity contribution in [3.63, 3.8) is 0 Å². The molecule has 0 heterocycles. The van der Waals surface area contributed by atoms with Crippen molar-refractivity contribution in [3.8, 4) is 0 Å². The minimum atomic E-state index is -0.187. The van der Waals surface area contributed by atoms with Crippen LogP contribution < -0.4 is 5.32 Å². The molecular formula is C16H23BrFN. The highest BCUT2D eigenvalue weighted by atomic mass is 79.9. The highest BCUT2D eigenvalue weighted by molar-refractivity contribution is 9.10. The Morgan fingerprint density at radius 1 is 1.26 bits per heavy atom. The van der Waals surface area contributed by atoms with E-state index in [-0.39, 0.29) is 5.82 Å². The Labute approximate surface area is 124 Å². The Hall–Kier alpha value is -0.570. The summed E-state index contributed by atoms with van der Waals surface area (Å²) in [6.45, 7) is 4.29. The Bertz CT molecular complexity index is 425. The quantitative estimate of drug-likeness (QED) is 0.751. The zero-order valence-corrected chi connectivity index (χ0v) is 13.4. The van der Waals surface area contributed by atoms with Gasteiger partial charge < -0.3 is 5.32 Å². The largest absolute Gasteiger partial charge is 0.382 e. The van der Waals surface area contributed by atoms with Gasteiger partial charge in [0.15, 0.2) is 0 Å². The molecule has 1 aromatic carbocycles. The number of hydrogen-bond donors (Lipinski definition) is 1. The van der Waals surface area contributed by atoms with Crippen LogP contribution in [0.1, 0.15) is 51.0 Å². The molecule has 1 aromatic rings. The lowest BCUT2D eigenvalue weighted by molar-refractivity contribution is 0.319. The van der Waals surface area contributed by atoms with E-state index in [1.165, 1.54) is 38.5 Å². The van der Waals surface area contributed by atoms with E-state index < -0.39 is 0 Å². The summed E-state index contributed by atoms with van der Waals surface area (Å²) >= 11 is 3.23. The minimum Gasteiger partial charge on any atom is -0.382 e. The van der Waals surface area contributed by atoms with Crippen LogP contribution in [0.25, 0.3) is 0 Å². The van der Waals surface area contributed by atoms with Crippen molar-refractivity contribution in [1.82, 2.24) is 0 Å². The van der Waals surface area contributed by atoms with E-state index in [1.54, 1.807) is 6.07 Å². The van der Waals surface area contributed by atoms with E-state index in [0.29, 0.717) is 10.5 Å². The summed E-state index contributed by atoms with van der Waals surface area (Å²) in [4.78, 5) is 0. The van der Waals surface area contributed by atoms with Gasteiger partial charge in [-0.25, -0.2) is 4.39 Å². The first-order valence-electron chi connectivity index (χ1n) is 7.32. The Balaban J connectivity index is 1.94. The van der Waals surface area contributed by atoms with Crippen molar-refractivity contribution >= 4 is 21.6 Å². The van der Waals surface area contributed by atoms with E-state index in [4.69, 9.17) is 0 Å². The van der Waals surface area contributed by atoms with Crippen LogP contribution in [0, 0.1) is 18.7 Å². The number of benzene rings is 1. The third kappa shape index (κ3) is 3.95. The molecule has 2 rings (SSSR count). The zero-order valence-electron chi connectivity index (χ0n) is 11.8. The van der Waals surface area contributed by atoms with E-state index in [2.05, 4.69) is 28.2 Å².